The molecule has 0 amide bonds. The van der Waals surface area contributed by atoms with Gasteiger partial charge in [0.1, 0.15) is 0 Å². The van der Waals surface area contributed by atoms with Crippen LogP contribution in [0.25, 0.3) is 0 Å². The molecule has 2 aromatic rings. The second kappa shape index (κ2) is 12.0. The first kappa shape index (κ1) is 22.7. The highest BCUT2D eigenvalue weighted by Crippen LogP contribution is 2.41. The molecule has 2 aromatic carbocycles. The molecule has 0 aromatic heterocycles. The molecule has 0 bridgehead atoms. The molecule has 147 valence electrons. The maximum absolute atomic E-state index is 5.38. The van der Waals surface area contributed by atoms with Crippen molar-refractivity contribution < 1.29 is 4.74 Å². The van der Waals surface area contributed by atoms with Gasteiger partial charge in [-0.3, -0.25) is 5.01 Å². The van der Waals surface area contributed by atoms with E-state index < -0.39 is 7.92 Å². The minimum Gasteiger partial charge on any atom is -0.382 e. The Hall–Kier alpha value is -1.64. The molecule has 1 aliphatic heterocycles. The average Bonchev–Trinajstić information content (AvgIpc) is 3.15. The van der Waals surface area contributed by atoms with E-state index >= 15 is 0 Å². The van der Waals surface area contributed by atoms with Crippen LogP contribution < -0.4 is 10.6 Å². The lowest BCUT2D eigenvalue weighted by molar-refractivity contribution is 0.118. The fourth-order valence-electron chi connectivity index (χ4n) is 3.77. The Kier molecular flexibility index (Phi) is 9.74. The monoisotopic (exact) mass is 393 g/mol. The van der Waals surface area contributed by atoms with Gasteiger partial charge >= 0.3 is 0 Å². The number of hydrazone groups is 1. The van der Waals surface area contributed by atoms with Crippen molar-refractivity contribution >= 4 is 33.2 Å². The Morgan fingerprint density at radius 1 is 1.11 bits per heavy atom. The highest BCUT2D eigenvalue weighted by molar-refractivity contribution is 7.74. The topological polar surface area (TPSA) is 24.8 Å². The van der Waals surface area contributed by atoms with E-state index in [9.17, 15) is 0 Å². The van der Waals surface area contributed by atoms with Gasteiger partial charge < -0.3 is 4.74 Å². The van der Waals surface area contributed by atoms with E-state index in [-0.39, 0.29) is 8.41 Å². The van der Waals surface area contributed by atoms with Gasteiger partial charge in [0, 0.05) is 33.9 Å². The molecule has 0 unspecified atom stereocenters. The van der Waals surface area contributed by atoms with Crippen LogP contribution in [0.5, 0.6) is 0 Å². The van der Waals surface area contributed by atoms with Gasteiger partial charge in [0.05, 0.1) is 12.6 Å². The van der Waals surface area contributed by atoms with E-state index in [1.165, 1.54) is 23.5 Å². The zero-order chi connectivity index (χ0) is 18.9. The number of methoxy groups -OCH3 is 1. The first-order chi connectivity index (χ1) is 13.3. The van der Waals surface area contributed by atoms with Gasteiger partial charge in [0.2, 0.25) is 0 Å². The minimum absolute atomic E-state index is 0. The van der Waals surface area contributed by atoms with Crippen molar-refractivity contribution in [3.05, 3.63) is 60.7 Å². The maximum atomic E-state index is 5.38. The first-order valence-corrected chi connectivity index (χ1v) is 11.4. The Bertz CT molecular complexity index is 659. The third-order valence-electron chi connectivity index (χ3n) is 5.08. The maximum Gasteiger partial charge on any atom is 0.0704 e. The summed E-state index contributed by atoms with van der Waals surface area (Å²) >= 11 is 0. The van der Waals surface area contributed by atoms with Crippen LogP contribution in [0.15, 0.2) is 65.8 Å². The van der Waals surface area contributed by atoms with Crippen LogP contribution in [0.1, 0.15) is 32.6 Å². The minimum atomic E-state index is -0.470. The Labute approximate surface area is 173 Å². The molecule has 1 saturated heterocycles. The highest BCUT2D eigenvalue weighted by atomic mass is 31.1. The van der Waals surface area contributed by atoms with Crippen LogP contribution in [0.3, 0.4) is 0 Å². The largest absolute Gasteiger partial charge is 0.382 e. The molecular weight excluding hydrogens is 362 g/mol. The van der Waals surface area contributed by atoms with E-state index in [0.29, 0.717) is 11.7 Å². The Balaban J connectivity index is 0.00000280. The van der Waals surface area contributed by atoms with Crippen molar-refractivity contribution in [2.75, 3.05) is 20.3 Å². The molecule has 28 heavy (non-hydrogen) atoms. The van der Waals surface area contributed by atoms with Gasteiger partial charge in [-0.15, -0.1) is 0 Å². The normalized spacial score (nSPS) is 17.8. The van der Waals surface area contributed by atoms with Crippen LogP contribution in [0.2, 0.25) is 0 Å². The number of hydrogen-bond donors (Lipinski definition) is 0. The third kappa shape index (κ3) is 5.93. The van der Waals surface area contributed by atoms with Gasteiger partial charge in [-0.1, -0.05) is 74.0 Å². The summed E-state index contributed by atoms with van der Waals surface area (Å²) in [5.41, 5.74) is 0.443. The predicted octanol–water partition coefficient (Wildman–Crippen LogP) is 4.00. The van der Waals surface area contributed by atoms with Gasteiger partial charge in [-0.25, -0.2) is 0 Å². The molecule has 1 fully saturated rings. The molecule has 1 heterocycles. The van der Waals surface area contributed by atoms with Crippen molar-refractivity contribution in [2.24, 2.45) is 5.10 Å². The molecule has 2 atom stereocenters. The van der Waals surface area contributed by atoms with Crippen LogP contribution in [0, 0.1) is 0 Å². The fourth-order valence-corrected chi connectivity index (χ4v) is 6.53. The number of hydrogen-bond acceptors (Lipinski definition) is 3. The molecule has 0 N–H and O–H groups in total. The van der Waals surface area contributed by atoms with Crippen molar-refractivity contribution in [1.82, 2.24) is 5.01 Å². The molecular formula is C23H31BN2OP. The van der Waals surface area contributed by atoms with Gasteiger partial charge in [-0.2, -0.15) is 5.10 Å². The van der Waals surface area contributed by atoms with Crippen molar-refractivity contribution in [1.29, 1.82) is 0 Å². The third-order valence-corrected chi connectivity index (χ3v) is 7.84. The second-order valence-corrected chi connectivity index (χ2v) is 9.51. The van der Waals surface area contributed by atoms with Gasteiger partial charge in [-0.05, 0) is 37.8 Å². The van der Waals surface area contributed by atoms with Crippen LogP contribution in [-0.2, 0) is 4.74 Å². The standard InChI is InChI=1S/C23H31N2OP.B/c1-3-11-23(18-24-25-17-10-12-20(25)19-26-2)27(21-13-6-4-7-14-21)22-15-8-5-9-16-22;/h4-9,13-16,18,20,23H,3,10-12,17,19H2,1-2H3;/b24-18+;/t20-,23-;/m0./s1. The second-order valence-electron chi connectivity index (χ2n) is 7.08. The lowest BCUT2D eigenvalue weighted by Gasteiger charge is -2.27. The van der Waals surface area contributed by atoms with Crippen LogP contribution >= 0.6 is 7.92 Å². The lowest BCUT2D eigenvalue weighted by Crippen LogP contribution is -2.30. The SMILES string of the molecule is CCC[C@@H](/C=N/N1CCC[C@H]1COC)P(c1ccccc1)c1ccccc1.[B]. The van der Waals surface area contributed by atoms with E-state index in [0.717, 1.165) is 26.0 Å². The number of rotatable bonds is 9. The number of ether oxygens (including phenoxy) is 1. The summed E-state index contributed by atoms with van der Waals surface area (Å²) in [6.45, 7) is 4.08. The van der Waals surface area contributed by atoms with Crippen molar-refractivity contribution in [2.45, 2.75) is 44.3 Å². The summed E-state index contributed by atoms with van der Waals surface area (Å²) in [5.74, 6) is 0. The van der Waals surface area contributed by atoms with E-state index in [1.54, 1.807) is 7.11 Å². The molecule has 1 aliphatic rings. The van der Waals surface area contributed by atoms with Gasteiger partial charge in [0.25, 0.3) is 0 Å². The quantitative estimate of drug-likeness (QED) is 0.366. The molecule has 0 saturated carbocycles. The van der Waals surface area contributed by atoms with E-state index in [2.05, 4.69) is 78.8 Å². The Morgan fingerprint density at radius 3 is 2.25 bits per heavy atom. The number of benzene rings is 2. The average molecular weight is 393 g/mol. The summed E-state index contributed by atoms with van der Waals surface area (Å²) in [7, 11) is 1.31. The highest BCUT2D eigenvalue weighted by Gasteiger charge is 2.25. The molecule has 5 heteroatoms. The first-order valence-electron chi connectivity index (χ1n) is 10.0. The van der Waals surface area contributed by atoms with Gasteiger partial charge in [0.15, 0.2) is 0 Å². The summed E-state index contributed by atoms with van der Waals surface area (Å²) in [6, 6.07) is 22.4. The molecule has 0 aliphatic carbocycles. The molecule has 0 spiro atoms. The van der Waals surface area contributed by atoms with Crippen LogP contribution in [-0.4, -0.2) is 51.6 Å². The number of nitrogens with zero attached hydrogens (tertiary/aromatic N) is 2. The predicted molar refractivity (Wildman–Crippen MR) is 124 cm³/mol. The zero-order valence-electron chi connectivity index (χ0n) is 17.1. The molecule has 3 radical (unpaired) electrons. The summed E-state index contributed by atoms with van der Waals surface area (Å²) in [4.78, 5) is 0. The molecule has 3 nitrogen and oxygen atoms in total. The van der Waals surface area contributed by atoms with Crippen molar-refractivity contribution in [3.63, 3.8) is 0 Å². The zero-order valence-corrected chi connectivity index (χ0v) is 18.0. The summed E-state index contributed by atoms with van der Waals surface area (Å²) < 4.78 is 5.38. The lowest BCUT2D eigenvalue weighted by atomic mass is 10.2. The van der Waals surface area contributed by atoms with E-state index in [1.807, 2.05) is 0 Å². The fraction of sp³-hybridized carbons (Fsp3) is 0.435. The summed E-state index contributed by atoms with van der Waals surface area (Å²) in [6.07, 6.45) is 6.94. The van der Waals surface area contributed by atoms with Crippen molar-refractivity contribution in [3.8, 4) is 0 Å². The smallest absolute Gasteiger partial charge is 0.0704 e. The summed E-state index contributed by atoms with van der Waals surface area (Å²) in [5, 5.41) is 10.1. The van der Waals surface area contributed by atoms with E-state index in [4.69, 9.17) is 9.84 Å². The molecule has 3 rings (SSSR count). The Morgan fingerprint density at radius 2 is 1.71 bits per heavy atom. The van der Waals surface area contributed by atoms with Crippen LogP contribution in [0.4, 0.5) is 0 Å².